The summed E-state index contributed by atoms with van der Waals surface area (Å²) in [7, 11) is 0. The third-order valence-corrected chi connectivity index (χ3v) is 5.13. The lowest BCUT2D eigenvalue weighted by molar-refractivity contribution is 0.613. The Labute approximate surface area is 134 Å². The zero-order chi connectivity index (χ0) is 14.2. The Bertz CT molecular complexity index is 626. The summed E-state index contributed by atoms with van der Waals surface area (Å²) in [5.74, 6) is -0.258. The van der Waals surface area contributed by atoms with Gasteiger partial charge >= 0.3 is 0 Å². The maximum Gasteiger partial charge on any atom is 0.127 e. The summed E-state index contributed by atoms with van der Waals surface area (Å²) in [5.41, 5.74) is 3.81. The van der Waals surface area contributed by atoms with E-state index in [1.165, 1.54) is 6.07 Å². The minimum Gasteiger partial charge on any atom is -0.207 e. The highest BCUT2D eigenvalue weighted by atomic mass is 79.9. The summed E-state index contributed by atoms with van der Waals surface area (Å²) >= 11 is 13.0. The first kappa shape index (κ1) is 15.0. The molecule has 2 rings (SSSR count). The molecule has 1 unspecified atom stereocenters. The first-order valence-corrected chi connectivity index (χ1v) is 7.84. The molecule has 0 aliphatic heterocycles. The van der Waals surface area contributed by atoms with E-state index in [9.17, 15) is 4.39 Å². The smallest absolute Gasteiger partial charge is 0.127 e. The number of halogens is 4. The van der Waals surface area contributed by atoms with Crippen molar-refractivity contribution >= 4 is 43.5 Å². The number of rotatable bonds is 2. The zero-order valence-corrected chi connectivity index (χ0v) is 14.4. The Morgan fingerprint density at radius 3 is 2.42 bits per heavy atom. The predicted octanol–water partition coefficient (Wildman–Crippen LogP) is 6.34. The van der Waals surface area contributed by atoms with Crippen molar-refractivity contribution in [2.45, 2.75) is 18.7 Å². The SMILES string of the molecule is Cc1cc(C(Br)c2cc(Cl)ccc2F)c(C)cc1Br. The number of hydrogen-bond acceptors (Lipinski definition) is 0. The largest absolute Gasteiger partial charge is 0.207 e. The van der Waals surface area contributed by atoms with E-state index in [1.54, 1.807) is 12.1 Å². The van der Waals surface area contributed by atoms with Gasteiger partial charge in [0, 0.05) is 15.1 Å². The molecule has 100 valence electrons. The fourth-order valence-corrected chi connectivity index (χ4v) is 3.44. The zero-order valence-electron chi connectivity index (χ0n) is 10.5. The van der Waals surface area contributed by atoms with E-state index in [4.69, 9.17) is 11.6 Å². The average Bonchev–Trinajstić information content (AvgIpc) is 2.36. The van der Waals surface area contributed by atoms with Crippen LogP contribution in [0.5, 0.6) is 0 Å². The van der Waals surface area contributed by atoms with Gasteiger partial charge in [-0.1, -0.05) is 49.5 Å². The average molecular weight is 407 g/mol. The molecule has 0 aliphatic rings. The van der Waals surface area contributed by atoms with Crippen LogP contribution in [0.2, 0.25) is 5.02 Å². The molecule has 19 heavy (non-hydrogen) atoms. The molecule has 0 saturated heterocycles. The van der Waals surface area contributed by atoms with E-state index in [-0.39, 0.29) is 10.6 Å². The molecule has 2 aromatic carbocycles. The first-order chi connectivity index (χ1) is 8.90. The second-order valence-electron chi connectivity index (χ2n) is 4.49. The molecule has 0 saturated carbocycles. The van der Waals surface area contributed by atoms with Crippen LogP contribution in [0.4, 0.5) is 4.39 Å². The lowest BCUT2D eigenvalue weighted by Gasteiger charge is -2.16. The minimum atomic E-state index is -0.258. The van der Waals surface area contributed by atoms with Crippen molar-refractivity contribution in [3.8, 4) is 0 Å². The van der Waals surface area contributed by atoms with Gasteiger partial charge in [-0.05, 0) is 54.8 Å². The van der Waals surface area contributed by atoms with E-state index in [0.29, 0.717) is 10.6 Å². The van der Waals surface area contributed by atoms with Crippen LogP contribution in [0.3, 0.4) is 0 Å². The molecule has 0 radical (unpaired) electrons. The monoisotopic (exact) mass is 404 g/mol. The molecular formula is C15H12Br2ClF. The van der Waals surface area contributed by atoms with Crippen molar-refractivity contribution in [2.24, 2.45) is 0 Å². The third-order valence-electron chi connectivity index (χ3n) is 3.05. The van der Waals surface area contributed by atoms with Gasteiger partial charge in [0.05, 0.1) is 4.83 Å². The van der Waals surface area contributed by atoms with Gasteiger partial charge in [-0.25, -0.2) is 4.39 Å². The van der Waals surface area contributed by atoms with E-state index in [2.05, 4.69) is 37.9 Å². The van der Waals surface area contributed by atoms with Crippen LogP contribution in [-0.4, -0.2) is 0 Å². The van der Waals surface area contributed by atoms with Crippen molar-refractivity contribution in [3.63, 3.8) is 0 Å². The van der Waals surface area contributed by atoms with Crippen molar-refractivity contribution < 1.29 is 4.39 Å². The standard InChI is InChI=1S/C15H12Br2ClF/c1-8-6-13(16)9(2)5-11(8)15(17)12-7-10(18)3-4-14(12)19/h3-7,15H,1-2H3. The van der Waals surface area contributed by atoms with Crippen molar-refractivity contribution in [2.75, 3.05) is 0 Å². The molecule has 1 atom stereocenters. The third kappa shape index (κ3) is 3.21. The number of hydrogen-bond donors (Lipinski definition) is 0. The Morgan fingerprint density at radius 1 is 1.05 bits per heavy atom. The highest BCUT2D eigenvalue weighted by molar-refractivity contribution is 9.10. The summed E-state index contributed by atoms with van der Waals surface area (Å²) in [5, 5.41) is 0.535. The number of aryl methyl sites for hydroxylation is 2. The van der Waals surface area contributed by atoms with Crippen LogP contribution in [0.15, 0.2) is 34.8 Å². The number of alkyl halides is 1. The van der Waals surface area contributed by atoms with Crippen LogP contribution in [0.25, 0.3) is 0 Å². The lowest BCUT2D eigenvalue weighted by Crippen LogP contribution is -2.00. The molecular weight excluding hydrogens is 394 g/mol. The van der Waals surface area contributed by atoms with Crippen LogP contribution < -0.4 is 0 Å². The molecule has 4 heteroatoms. The van der Waals surface area contributed by atoms with Gasteiger partial charge in [0.1, 0.15) is 5.82 Å². The maximum atomic E-state index is 13.9. The van der Waals surface area contributed by atoms with Crippen molar-refractivity contribution in [1.29, 1.82) is 0 Å². The number of benzene rings is 2. The van der Waals surface area contributed by atoms with E-state index in [1.807, 2.05) is 19.9 Å². The molecule has 0 aliphatic carbocycles. The summed E-state index contributed by atoms with van der Waals surface area (Å²) in [6, 6.07) is 8.71. The Hall–Kier alpha value is -0.380. The van der Waals surface area contributed by atoms with Gasteiger partial charge in [-0.15, -0.1) is 0 Å². The molecule has 0 amide bonds. The molecule has 0 nitrogen and oxygen atoms in total. The summed E-state index contributed by atoms with van der Waals surface area (Å²) in [6.45, 7) is 4.03. The first-order valence-electron chi connectivity index (χ1n) is 5.76. The van der Waals surface area contributed by atoms with E-state index >= 15 is 0 Å². The van der Waals surface area contributed by atoms with Crippen molar-refractivity contribution in [3.05, 3.63) is 67.9 Å². The topological polar surface area (TPSA) is 0 Å². The van der Waals surface area contributed by atoms with Crippen LogP contribution in [0.1, 0.15) is 27.1 Å². The molecule has 2 aromatic rings. The van der Waals surface area contributed by atoms with Gasteiger partial charge in [0.15, 0.2) is 0 Å². The fourth-order valence-electron chi connectivity index (χ4n) is 1.95. The summed E-state index contributed by atoms with van der Waals surface area (Å²) in [4.78, 5) is -0.210. The maximum absolute atomic E-state index is 13.9. The Morgan fingerprint density at radius 2 is 1.74 bits per heavy atom. The minimum absolute atomic E-state index is 0.210. The van der Waals surface area contributed by atoms with Gasteiger partial charge in [0.25, 0.3) is 0 Å². The Balaban J connectivity index is 2.52. The van der Waals surface area contributed by atoms with Gasteiger partial charge < -0.3 is 0 Å². The molecule has 0 spiro atoms. The fraction of sp³-hybridized carbons (Fsp3) is 0.200. The molecule has 0 aromatic heterocycles. The normalized spacial score (nSPS) is 12.5. The second kappa shape index (κ2) is 5.94. The molecule has 0 N–H and O–H groups in total. The summed E-state index contributed by atoms with van der Waals surface area (Å²) < 4.78 is 15.0. The highest BCUT2D eigenvalue weighted by Gasteiger charge is 2.18. The van der Waals surface area contributed by atoms with Gasteiger partial charge in [-0.2, -0.15) is 0 Å². The van der Waals surface area contributed by atoms with Crippen LogP contribution in [0, 0.1) is 19.7 Å². The van der Waals surface area contributed by atoms with Gasteiger partial charge in [0.2, 0.25) is 0 Å². The van der Waals surface area contributed by atoms with E-state index in [0.717, 1.165) is 21.2 Å². The highest BCUT2D eigenvalue weighted by Crippen LogP contribution is 2.37. The lowest BCUT2D eigenvalue weighted by atomic mass is 9.98. The molecule has 0 bridgehead atoms. The predicted molar refractivity (Wildman–Crippen MR) is 85.8 cm³/mol. The van der Waals surface area contributed by atoms with Gasteiger partial charge in [-0.3, -0.25) is 0 Å². The Kier molecular flexibility index (Phi) is 4.70. The van der Waals surface area contributed by atoms with Crippen LogP contribution in [-0.2, 0) is 0 Å². The quantitative estimate of drug-likeness (QED) is 0.510. The van der Waals surface area contributed by atoms with Crippen molar-refractivity contribution in [1.82, 2.24) is 0 Å². The molecule has 0 heterocycles. The van der Waals surface area contributed by atoms with E-state index < -0.39 is 0 Å². The second-order valence-corrected chi connectivity index (χ2v) is 6.69. The summed E-state index contributed by atoms with van der Waals surface area (Å²) in [6.07, 6.45) is 0. The molecule has 0 fully saturated rings. The van der Waals surface area contributed by atoms with Crippen LogP contribution >= 0.6 is 43.5 Å².